The monoisotopic (exact) mass is 429 g/mol. The lowest BCUT2D eigenvalue weighted by molar-refractivity contribution is -0.121. The molecule has 2 aromatic carbocycles. The van der Waals surface area contributed by atoms with E-state index in [1.807, 2.05) is 13.0 Å². The molecule has 0 radical (unpaired) electrons. The lowest BCUT2D eigenvalue weighted by atomic mass is 9.98. The van der Waals surface area contributed by atoms with Crippen molar-refractivity contribution < 1.29 is 18.0 Å². The summed E-state index contributed by atoms with van der Waals surface area (Å²) < 4.78 is 27.8. The SMILES string of the molecule is CC(=O)Nc1cccc(NC(=O)[C@@H]2CCCN(S(=O)(=O)c3cc(C)ccc3C)C2)c1. The molecule has 1 aliphatic heterocycles. The van der Waals surface area contributed by atoms with Crippen LogP contribution in [0.3, 0.4) is 0 Å². The number of sulfonamides is 1. The zero-order valence-corrected chi connectivity index (χ0v) is 18.3. The number of amides is 2. The molecule has 3 rings (SSSR count). The van der Waals surface area contributed by atoms with Gasteiger partial charge in [0, 0.05) is 31.4 Å². The van der Waals surface area contributed by atoms with Crippen molar-refractivity contribution in [2.24, 2.45) is 5.92 Å². The van der Waals surface area contributed by atoms with Crippen LogP contribution in [0.15, 0.2) is 47.4 Å². The molecule has 1 saturated heterocycles. The number of rotatable bonds is 5. The van der Waals surface area contributed by atoms with Crippen molar-refractivity contribution in [1.82, 2.24) is 4.31 Å². The maximum Gasteiger partial charge on any atom is 0.243 e. The second kappa shape index (κ2) is 8.97. The highest BCUT2D eigenvalue weighted by Crippen LogP contribution is 2.27. The molecule has 160 valence electrons. The smallest absolute Gasteiger partial charge is 0.243 e. The first-order valence-corrected chi connectivity index (χ1v) is 11.4. The Morgan fingerprint density at radius 1 is 1.03 bits per heavy atom. The minimum absolute atomic E-state index is 0.146. The van der Waals surface area contributed by atoms with Gasteiger partial charge in [0.25, 0.3) is 0 Å². The Labute approximate surface area is 177 Å². The minimum atomic E-state index is -3.67. The van der Waals surface area contributed by atoms with Gasteiger partial charge in [-0.2, -0.15) is 4.31 Å². The second-order valence-corrected chi connectivity index (χ2v) is 9.63. The quantitative estimate of drug-likeness (QED) is 0.762. The van der Waals surface area contributed by atoms with E-state index in [0.717, 1.165) is 5.56 Å². The third-order valence-electron chi connectivity index (χ3n) is 5.17. The summed E-state index contributed by atoms with van der Waals surface area (Å²) in [5.41, 5.74) is 2.72. The molecule has 1 atom stereocenters. The van der Waals surface area contributed by atoms with E-state index < -0.39 is 15.9 Å². The molecule has 7 nitrogen and oxygen atoms in total. The zero-order chi connectivity index (χ0) is 21.9. The predicted octanol–water partition coefficient (Wildman–Crippen LogP) is 3.30. The fourth-order valence-electron chi connectivity index (χ4n) is 3.62. The Kier molecular flexibility index (Phi) is 6.58. The second-order valence-electron chi connectivity index (χ2n) is 7.72. The van der Waals surface area contributed by atoms with Crippen LogP contribution in [0.4, 0.5) is 11.4 Å². The van der Waals surface area contributed by atoms with Crippen molar-refractivity contribution in [3.05, 3.63) is 53.6 Å². The summed E-state index contributed by atoms with van der Waals surface area (Å²) in [6.07, 6.45) is 1.24. The third-order valence-corrected chi connectivity index (χ3v) is 7.17. The van der Waals surface area contributed by atoms with E-state index in [1.54, 1.807) is 43.3 Å². The highest BCUT2D eigenvalue weighted by atomic mass is 32.2. The first-order valence-electron chi connectivity index (χ1n) is 9.93. The third kappa shape index (κ3) is 5.06. The number of nitrogens with one attached hydrogen (secondary N) is 2. The Hall–Kier alpha value is -2.71. The van der Waals surface area contributed by atoms with Crippen LogP contribution in [0.1, 0.15) is 30.9 Å². The van der Waals surface area contributed by atoms with E-state index in [4.69, 9.17) is 0 Å². The summed E-state index contributed by atoms with van der Waals surface area (Å²) in [7, 11) is -3.67. The van der Waals surface area contributed by atoms with Gasteiger partial charge < -0.3 is 10.6 Å². The fraction of sp³-hybridized carbons (Fsp3) is 0.364. The van der Waals surface area contributed by atoms with Gasteiger partial charge in [0.1, 0.15) is 0 Å². The van der Waals surface area contributed by atoms with Crippen LogP contribution in [0.25, 0.3) is 0 Å². The number of carbonyl (C=O) groups is 2. The van der Waals surface area contributed by atoms with Gasteiger partial charge in [0.15, 0.2) is 0 Å². The van der Waals surface area contributed by atoms with Crippen molar-refractivity contribution in [2.75, 3.05) is 23.7 Å². The average Bonchev–Trinajstić information content (AvgIpc) is 2.69. The molecule has 1 fully saturated rings. The molecule has 8 heteroatoms. The van der Waals surface area contributed by atoms with Gasteiger partial charge in [-0.25, -0.2) is 8.42 Å². The largest absolute Gasteiger partial charge is 0.326 e. The van der Waals surface area contributed by atoms with Crippen LogP contribution in [0.5, 0.6) is 0 Å². The summed E-state index contributed by atoms with van der Waals surface area (Å²) >= 11 is 0. The molecule has 0 aromatic heterocycles. The highest BCUT2D eigenvalue weighted by molar-refractivity contribution is 7.89. The summed E-state index contributed by atoms with van der Waals surface area (Å²) in [4.78, 5) is 24.3. The fourth-order valence-corrected chi connectivity index (χ4v) is 5.45. The molecule has 0 bridgehead atoms. The number of anilines is 2. The molecule has 1 aliphatic rings. The van der Waals surface area contributed by atoms with Gasteiger partial charge in [-0.05, 0) is 62.1 Å². The Balaban J connectivity index is 1.73. The molecule has 2 N–H and O–H groups in total. The van der Waals surface area contributed by atoms with E-state index in [9.17, 15) is 18.0 Å². The van der Waals surface area contributed by atoms with Crippen LogP contribution >= 0.6 is 0 Å². The van der Waals surface area contributed by atoms with Crippen LogP contribution in [0.2, 0.25) is 0 Å². The molecule has 1 heterocycles. The van der Waals surface area contributed by atoms with E-state index in [-0.39, 0.29) is 18.4 Å². The molecule has 0 aliphatic carbocycles. The summed E-state index contributed by atoms with van der Waals surface area (Å²) in [5, 5.41) is 5.52. The van der Waals surface area contributed by atoms with Crippen LogP contribution in [-0.2, 0) is 19.6 Å². The Bertz CT molecular complexity index is 1070. The lowest BCUT2D eigenvalue weighted by Crippen LogP contribution is -2.43. The van der Waals surface area contributed by atoms with Gasteiger partial charge >= 0.3 is 0 Å². The maximum absolute atomic E-state index is 13.2. The first kappa shape index (κ1) is 22.0. The number of nitrogens with zero attached hydrogens (tertiary/aromatic N) is 1. The predicted molar refractivity (Wildman–Crippen MR) is 117 cm³/mol. The van der Waals surface area contributed by atoms with E-state index in [1.165, 1.54) is 11.2 Å². The van der Waals surface area contributed by atoms with Gasteiger partial charge in [-0.3, -0.25) is 9.59 Å². The molecule has 0 saturated carbocycles. The van der Waals surface area contributed by atoms with Crippen molar-refractivity contribution in [1.29, 1.82) is 0 Å². The lowest BCUT2D eigenvalue weighted by Gasteiger charge is -2.31. The van der Waals surface area contributed by atoms with Gasteiger partial charge in [0.05, 0.1) is 10.8 Å². The van der Waals surface area contributed by atoms with Crippen LogP contribution < -0.4 is 10.6 Å². The molecular weight excluding hydrogens is 402 g/mol. The van der Waals surface area contributed by atoms with Crippen molar-refractivity contribution in [3.63, 3.8) is 0 Å². The minimum Gasteiger partial charge on any atom is -0.326 e. The molecule has 0 unspecified atom stereocenters. The van der Waals surface area contributed by atoms with E-state index >= 15 is 0 Å². The number of carbonyl (C=O) groups excluding carboxylic acids is 2. The first-order chi connectivity index (χ1) is 14.2. The maximum atomic E-state index is 13.2. The highest BCUT2D eigenvalue weighted by Gasteiger charge is 2.34. The number of hydrogen-bond donors (Lipinski definition) is 2. The molecule has 30 heavy (non-hydrogen) atoms. The molecule has 2 aromatic rings. The van der Waals surface area contributed by atoms with E-state index in [2.05, 4.69) is 10.6 Å². The van der Waals surface area contributed by atoms with Crippen LogP contribution in [-0.4, -0.2) is 37.6 Å². The van der Waals surface area contributed by atoms with Gasteiger partial charge in [0.2, 0.25) is 21.8 Å². The number of aryl methyl sites for hydroxylation is 2. The summed E-state index contributed by atoms with van der Waals surface area (Å²) in [5.74, 6) is -0.864. The van der Waals surface area contributed by atoms with Crippen LogP contribution in [0, 0.1) is 19.8 Å². The number of benzene rings is 2. The molecular formula is C22H27N3O4S. The normalized spacial score (nSPS) is 17.4. The van der Waals surface area contributed by atoms with Crippen molar-refractivity contribution in [3.8, 4) is 0 Å². The molecule has 0 spiro atoms. The summed E-state index contributed by atoms with van der Waals surface area (Å²) in [6.45, 7) is 5.60. The molecule has 2 amide bonds. The van der Waals surface area contributed by atoms with E-state index in [0.29, 0.717) is 41.2 Å². The standard InChI is InChI=1S/C22H27N3O4S/c1-15-9-10-16(2)21(12-15)30(28,29)25-11-5-6-18(14-25)22(27)24-20-8-4-7-19(13-20)23-17(3)26/h4,7-10,12-13,18H,5-6,11,14H2,1-3H3,(H,23,26)(H,24,27)/t18-/m1/s1. The Morgan fingerprint density at radius 2 is 1.73 bits per heavy atom. The topological polar surface area (TPSA) is 95.6 Å². The summed E-state index contributed by atoms with van der Waals surface area (Å²) in [6, 6.07) is 12.2. The average molecular weight is 430 g/mol. The van der Waals surface area contributed by atoms with Gasteiger partial charge in [-0.1, -0.05) is 18.2 Å². The number of piperidine rings is 1. The number of hydrogen-bond acceptors (Lipinski definition) is 4. The van der Waals surface area contributed by atoms with Crippen molar-refractivity contribution >= 4 is 33.2 Å². The van der Waals surface area contributed by atoms with Gasteiger partial charge in [-0.15, -0.1) is 0 Å². The Morgan fingerprint density at radius 3 is 2.43 bits per heavy atom. The zero-order valence-electron chi connectivity index (χ0n) is 17.4. The van der Waals surface area contributed by atoms with Crippen molar-refractivity contribution in [2.45, 2.75) is 38.5 Å².